The van der Waals surface area contributed by atoms with Crippen LogP contribution in [0, 0.1) is 5.41 Å². The molecule has 0 radical (unpaired) electrons. The Morgan fingerprint density at radius 1 is 1.47 bits per heavy atom. The summed E-state index contributed by atoms with van der Waals surface area (Å²) in [6, 6.07) is 5.20. The van der Waals surface area contributed by atoms with Crippen molar-refractivity contribution in [2.45, 2.75) is 39.2 Å². The average molecular weight is 326 g/mol. The van der Waals surface area contributed by atoms with E-state index >= 15 is 0 Å². The molecular formula is C15H20BrNO2. The molecule has 104 valence electrons. The van der Waals surface area contributed by atoms with Gasteiger partial charge >= 0.3 is 5.97 Å². The van der Waals surface area contributed by atoms with Gasteiger partial charge < -0.3 is 10.4 Å². The molecule has 0 aromatic heterocycles. The molecule has 2 rings (SSSR count). The van der Waals surface area contributed by atoms with Crippen molar-refractivity contribution in [3.05, 3.63) is 33.8 Å². The van der Waals surface area contributed by atoms with E-state index in [-0.39, 0.29) is 0 Å². The molecule has 1 aromatic carbocycles. The third-order valence-corrected chi connectivity index (χ3v) is 4.59. The zero-order valence-electron chi connectivity index (χ0n) is 11.2. The van der Waals surface area contributed by atoms with E-state index in [1.807, 2.05) is 6.07 Å². The summed E-state index contributed by atoms with van der Waals surface area (Å²) in [5, 5.41) is 12.4. The Morgan fingerprint density at radius 3 is 2.74 bits per heavy atom. The van der Waals surface area contributed by atoms with Crippen LogP contribution < -0.4 is 5.32 Å². The zero-order chi connectivity index (χ0) is 13.9. The SMILES string of the molecule is CCCC1(CNCc2ccc(C(=O)O)cc2Br)CC1. The molecule has 0 saturated heterocycles. The molecule has 0 spiro atoms. The monoisotopic (exact) mass is 325 g/mol. The van der Waals surface area contributed by atoms with Crippen LogP contribution in [0.1, 0.15) is 48.5 Å². The van der Waals surface area contributed by atoms with Crippen LogP contribution in [0.3, 0.4) is 0 Å². The summed E-state index contributed by atoms with van der Waals surface area (Å²) in [6.45, 7) is 4.08. The molecule has 1 saturated carbocycles. The van der Waals surface area contributed by atoms with E-state index in [2.05, 4.69) is 28.2 Å². The second kappa shape index (κ2) is 6.06. The minimum absolute atomic E-state index is 0.320. The lowest BCUT2D eigenvalue weighted by molar-refractivity contribution is 0.0697. The average Bonchev–Trinajstić information content (AvgIpc) is 3.11. The smallest absolute Gasteiger partial charge is 0.335 e. The van der Waals surface area contributed by atoms with Crippen LogP contribution in [-0.4, -0.2) is 17.6 Å². The number of benzene rings is 1. The molecule has 19 heavy (non-hydrogen) atoms. The third-order valence-electron chi connectivity index (χ3n) is 3.85. The van der Waals surface area contributed by atoms with Crippen LogP contribution in [0.2, 0.25) is 0 Å². The van der Waals surface area contributed by atoms with Crippen molar-refractivity contribution < 1.29 is 9.90 Å². The number of halogens is 1. The summed E-state index contributed by atoms with van der Waals surface area (Å²) in [7, 11) is 0. The van der Waals surface area contributed by atoms with Crippen LogP contribution in [0.25, 0.3) is 0 Å². The number of carboxylic acid groups (broad SMARTS) is 1. The van der Waals surface area contributed by atoms with Gasteiger partial charge in [0, 0.05) is 17.6 Å². The van der Waals surface area contributed by atoms with Crippen molar-refractivity contribution >= 4 is 21.9 Å². The van der Waals surface area contributed by atoms with Gasteiger partial charge in [0.05, 0.1) is 5.56 Å². The van der Waals surface area contributed by atoms with Crippen molar-refractivity contribution in [3.8, 4) is 0 Å². The topological polar surface area (TPSA) is 49.3 Å². The van der Waals surface area contributed by atoms with Crippen LogP contribution in [0.4, 0.5) is 0 Å². The molecule has 3 nitrogen and oxygen atoms in total. The molecule has 0 heterocycles. The van der Waals surface area contributed by atoms with Crippen molar-refractivity contribution in [2.24, 2.45) is 5.41 Å². The van der Waals surface area contributed by atoms with E-state index in [4.69, 9.17) is 5.11 Å². The van der Waals surface area contributed by atoms with Gasteiger partial charge in [-0.1, -0.05) is 35.3 Å². The highest BCUT2D eigenvalue weighted by Crippen LogP contribution is 2.48. The molecule has 1 aliphatic carbocycles. The van der Waals surface area contributed by atoms with Gasteiger partial charge in [-0.05, 0) is 42.4 Å². The Bertz CT molecular complexity index is 469. The fourth-order valence-electron chi connectivity index (χ4n) is 2.51. The van der Waals surface area contributed by atoms with Crippen LogP contribution in [-0.2, 0) is 6.54 Å². The summed E-state index contributed by atoms with van der Waals surface area (Å²) in [5.41, 5.74) is 1.97. The second-order valence-corrected chi connectivity index (χ2v) is 6.32. The second-order valence-electron chi connectivity index (χ2n) is 5.46. The normalized spacial score (nSPS) is 16.3. The van der Waals surface area contributed by atoms with Gasteiger partial charge in [-0.2, -0.15) is 0 Å². The number of hydrogen-bond acceptors (Lipinski definition) is 2. The molecule has 1 aromatic rings. The molecule has 4 heteroatoms. The van der Waals surface area contributed by atoms with Gasteiger partial charge in [-0.3, -0.25) is 0 Å². The fraction of sp³-hybridized carbons (Fsp3) is 0.533. The number of carboxylic acids is 1. The lowest BCUT2D eigenvalue weighted by Crippen LogP contribution is -2.23. The van der Waals surface area contributed by atoms with Crippen molar-refractivity contribution in [1.29, 1.82) is 0 Å². The maximum absolute atomic E-state index is 10.9. The summed E-state index contributed by atoms with van der Waals surface area (Å²) in [6.07, 6.45) is 5.23. The molecule has 2 N–H and O–H groups in total. The number of nitrogens with one attached hydrogen (secondary N) is 1. The van der Waals surface area contributed by atoms with E-state index in [0.717, 1.165) is 23.1 Å². The Balaban J connectivity index is 1.88. The standard InChI is InChI=1S/C15H20BrNO2/c1-2-5-15(6-7-15)10-17-9-12-4-3-11(14(18)19)8-13(12)16/h3-4,8,17H,2,5-7,9-10H2,1H3,(H,18,19). The molecule has 0 atom stereocenters. The first-order valence-corrected chi connectivity index (χ1v) is 7.58. The van der Waals surface area contributed by atoms with Crippen LogP contribution >= 0.6 is 15.9 Å². The minimum Gasteiger partial charge on any atom is -0.478 e. The predicted molar refractivity (Wildman–Crippen MR) is 79.4 cm³/mol. The minimum atomic E-state index is -0.889. The summed E-state index contributed by atoms with van der Waals surface area (Å²) >= 11 is 3.44. The Hall–Kier alpha value is -0.870. The van der Waals surface area contributed by atoms with Crippen molar-refractivity contribution in [3.63, 3.8) is 0 Å². The first-order valence-electron chi connectivity index (χ1n) is 6.79. The molecule has 0 aliphatic heterocycles. The third kappa shape index (κ3) is 3.80. The number of hydrogen-bond donors (Lipinski definition) is 2. The number of aromatic carboxylic acids is 1. The van der Waals surface area contributed by atoms with Crippen LogP contribution in [0.5, 0.6) is 0 Å². The van der Waals surface area contributed by atoms with E-state index in [1.165, 1.54) is 25.7 Å². The highest BCUT2D eigenvalue weighted by atomic mass is 79.9. The molecule has 0 bridgehead atoms. The largest absolute Gasteiger partial charge is 0.478 e. The maximum Gasteiger partial charge on any atom is 0.335 e. The highest BCUT2D eigenvalue weighted by molar-refractivity contribution is 9.10. The molecule has 0 unspecified atom stereocenters. The van der Waals surface area contributed by atoms with E-state index in [1.54, 1.807) is 12.1 Å². The summed E-state index contributed by atoms with van der Waals surface area (Å²) in [4.78, 5) is 10.9. The molecule has 0 amide bonds. The zero-order valence-corrected chi connectivity index (χ0v) is 12.8. The first kappa shape index (κ1) is 14.5. The quantitative estimate of drug-likeness (QED) is 0.801. The van der Waals surface area contributed by atoms with Crippen molar-refractivity contribution in [1.82, 2.24) is 5.32 Å². The lowest BCUT2D eigenvalue weighted by Gasteiger charge is -2.15. The Morgan fingerprint density at radius 2 is 2.21 bits per heavy atom. The summed E-state index contributed by atoms with van der Waals surface area (Å²) in [5.74, 6) is -0.889. The van der Waals surface area contributed by atoms with E-state index in [0.29, 0.717) is 11.0 Å². The molecular weight excluding hydrogens is 306 g/mol. The van der Waals surface area contributed by atoms with Gasteiger partial charge in [0.2, 0.25) is 0 Å². The van der Waals surface area contributed by atoms with Gasteiger partial charge in [-0.15, -0.1) is 0 Å². The summed E-state index contributed by atoms with van der Waals surface area (Å²) < 4.78 is 0.861. The van der Waals surface area contributed by atoms with E-state index in [9.17, 15) is 4.79 Å². The van der Waals surface area contributed by atoms with E-state index < -0.39 is 5.97 Å². The Kier molecular flexibility index (Phi) is 4.63. The first-order chi connectivity index (χ1) is 9.06. The van der Waals surface area contributed by atoms with Crippen LogP contribution in [0.15, 0.2) is 22.7 Å². The predicted octanol–water partition coefficient (Wildman–Crippen LogP) is 3.82. The van der Waals surface area contributed by atoms with Gasteiger partial charge in [0.1, 0.15) is 0 Å². The number of rotatable bonds is 7. The number of carbonyl (C=O) groups is 1. The fourth-order valence-corrected chi connectivity index (χ4v) is 3.03. The van der Waals surface area contributed by atoms with Crippen molar-refractivity contribution in [2.75, 3.05) is 6.54 Å². The Labute approximate surface area is 122 Å². The molecule has 1 fully saturated rings. The highest BCUT2D eigenvalue weighted by Gasteiger charge is 2.40. The van der Waals surface area contributed by atoms with Gasteiger partial charge in [0.15, 0.2) is 0 Å². The van der Waals surface area contributed by atoms with Gasteiger partial charge in [-0.25, -0.2) is 4.79 Å². The lowest BCUT2D eigenvalue weighted by atomic mass is 10.0. The molecule has 1 aliphatic rings. The maximum atomic E-state index is 10.9. The van der Waals surface area contributed by atoms with Gasteiger partial charge in [0.25, 0.3) is 0 Å².